The van der Waals surface area contributed by atoms with Crippen LogP contribution in [0.3, 0.4) is 0 Å². The summed E-state index contributed by atoms with van der Waals surface area (Å²) in [7, 11) is 0. The maximum atomic E-state index is 12.6. The minimum Gasteiger partial charge on any atom is -0.339 e. The van der Waals surface area contributed by atoms with E-state index in [4.69, 9.17) is 4.52 Å². The van der Waals surface area contributed by atoms with Gasteiger partial charge in [-0.05, 0) is 32.9 Å². The van der Waals surface area contributed by atoms with E-state index in [0.717, 1.165) is 36.6 Å². The average Bonchev–Trinajstić information content (AvgIpc) is 3.29. The molecule has 0 spiro atoms. The minimum atomic E-state index is 0.0193. The lowest BCUT2D eigenvalue weighted by Crippen LogP contribution is -2.49. The van der Waals surface area contributed by atoms with Crippen LogP contribution in [0.4, 0.5) is 0 Å². The summed E-state index contributed by atoms with van der Waals surface area (Å²) < 4.78 is 5.55. The monoisotopic (exact) mass is 436 g/mol. The van der Waals surface area contributed by atoms with Gasteiger partial charge < -0.3 is 9.42 Å². The summed E-state index contributed by atoms with van der Waals surface area (Å²) in [5.41, 5.74) is 3.38. The number of nitrogens with zero attached hydrogens (tertiary/aromatic N) is 4. The predicted molar refractivity (Wildman–Crippen MR) is 123 cm³/mol. The Labute approximate surface area is 187 Å². The molecule has 1 saturated heterocycles. The van der Waals surface area contributed by atoms with E-state index < -0.39 is 0 Å². The van der Waals surface area contributed by atoms with Crippen molar-refractivity contribution >= 4 is 17.7 Å². The lowest BCUT2D eigenvalue weighted by Gasteiger charge is -2.36. The lowest BCUT2D eigenvalue weighted by molar-refractivity contribution is -0.130. The quantitative estimate of drug-likeness (QED) is 0.536. The molecule has 3 aromatic rings. The van der Waals surface area contributed by atoms with Crippen LogP contribution in [0.2, 0.25) is 0 Å². The summed E-state index contributed by atoms with van der Waals surface area (Å²) >= 11 is 1.60. The van der Waals surface area contributed by atoms with Gasteiger partial charge in [0.25, 0.3) is 0 Å². The molecule has 1 unspecified atom stereocenters. The highest BCUT2D eigenvalue weighted by atomic mass is 32.2. The van der Waals surface area contributed by atoms with E-state index in [0.29, 0.717) is 17.5 Å². The zero-order chi connectivity index (χ0) is 21.8. The largest absolute Gasteiger partial charge is 0.339 e. The van der Waals surface area contributed by atoms with Crippen LogP contribution < -0.4 is 0 Å². The van der Waals surface area contributed by atoms with Crippen LogP contribution in [-0.4, -0.2) is 57.8 Å². The molecule has 0 N–H and O–H groups in total. The highest BCUT2D eigenvalue weighted by Gasteiger charge is 2.27. The molecule has 2 heterocycles. The average molecular weight is 437 g/mol. The van der Waals surface area contributed by atoms with Crippen LogP contribution in [0.15, 0.2) is 57.9 Å². The van der Waals surface area contributed by atoms with Gasteiger partial charge in [0, 0.05) is 36.6 Å². The molecule has 0 bridgehead atoms. The summed E-state index contributed by atoms with van der Waals surface area (Å²) in [6.07, 6.45) is 0. The fraction of sp³-hybridized carbons (Fsp3) is 0.375. The first-order chi connectivity index (χ1) is 15.0. The summed E-state index contributed by atoms with van der Waals surface area (Å²) in [6, 6.07) is 16.4. The van der Waals surface area contributed by atoms with Gasteiger partial charge in [0.15, 0.2) is 0 Å². The molecule has 4 rings (SSSR count). The molecular weight excluding hydrogens is 408 g/mol. The molecule has 31 heavy (non-hydrogen) atoms. The Balaban J connectivity index is 1.28. The minimum absolute atomic E-state index is 0.0193. The fourth-order valence-electron chi connectivity index (χ4n) is 3.61. The second kappa shape index (κ2) is 9.66. The zero-order valence-electron chi connectivity index (χ0n) is 18.2. The number of carbonyl (C=O) groups is 1. The molecule has 7 heteroatoms. The van der Waals surface area contributed by atoms with Crippen molar-refractivity contribution < 1.29 is 9.32 Å². The van der Waals surface area contributed by atoms with E-state index in [9.17, 15) is 4.79 Å². The van der Waals surface area contributed by atoms with Crippen molar-refractivity contribution in [3.8, 4) is 11.4 Å². The van der Waals surface area contributed by atoms with Gasteiger partial charge >= 0.3 is 0 Å². The maximum Gasteiger partial charge on any atom is 0.244 e. The Morgan fingerprint density at radius 1 is 1.00 bits per heavy atom. The highest BCUT2D eigenvalue weighted by Crippen LogP contribution is 2.24. The SMILES string of the molecule is Cc1ccc(SCC(=O)N2CCN(C(C)c3nc(-c4ccc(C)cc4)no3)CC2)cc1. The van der Waals surface area contributed by atoms with Crippen LogP contribution in [0, 0.1) is 13.8 Å². The van der Waals surface area contributed by atoms with Crippen LogP contribution in [-0.2, 0) is 4.79 Å². The zero-order valence-corrected chi connectivity index (χ0v) is 19.1. The van der Waals surface area contributed by atoms with E-state index in [1.807, 2.05) is 29.2 Å². The van der Waals surface area contributed by atoms with E-state index in [1.165, 1.54) is 11.1 Å². The normalized spacial score (nSPS) is 15.8. The first-order valence-corrected chi connectivity index (χ1v) is 11.6. The Morgan fingerprint density at radius 2 is 1.61 bits per heavy atom. The molecule has 1 amide bonds. The van der Waals surface area contributed by atoms with Gasteiger partial charge in [-0.15, -0.1) is 11.8 Å². The Hall–Kier alpha value is -2.64. The molecule has 1 fully saturated rings. The van der Waals surface area contributed by atoms with E-state index in [-0.39, 0.29) is 11.9 Å². The lowest BCUT2D eigenvalue weighted by atomic mass is 10.1. The number of thioether (sulfide) groups is 1. The number of carbonyl (C=O) groups excluding carboxylic acids is 1. The standard InChI is InChI=1S/C24H28N4O2S/c1-17-4-8-20(9-5-17)23-25-24(30-26-23)19(3)27-12-14-28(15-13-27)22(29)16-31-21-10-6-18(2)7-11-21/h4-11,19H,12-16H2,1-3H3. The van der Waals surface area contributed by atoms with Crippen molar-refractivity contribution in [1.82, 2.24) is 19.9 Å². The summed E-state index contributed by atoms with van der Waals surface area (Å²) in [6.45, 7) is 9.23. The van der Waals surface area contributed by atoms with Crippen molar-refractivity contribution in [2.45, 2.75) is 31.7 Å². The van der Waals surface area contributed by atoms with E-state index >= 15 is 0 Å². The molecule has 0 radical (unpaired) electrons. The summed E-state index contributed by atoms with van der Waals surface area (Å²) in [5.74, 6) is 1.90. The third kappa shape index (κ3) is 5.35. The van der Waals surface area contributed by atoms with Crippen LogP contribution in [0.5, 0.6) is 0 Å². The third-order valence-electron chi connectivity index (χ3n) is 5.71. The molecule has 162 valence electrons. The summed E-state index contributed by atoms with van der Waals surface area (Å²) in [4.78, 5) is 22.6. The van der Waals surface area contributed by atoms with Gasteiger partial charge in [-0.25, -0.2) is 0 Å². The number of rotatable bonds is 6. The van der Waals surface area contributed by atoms with Gasteiger partial charge in [-0.1, -0.05) is 52.7 Å². The molecule has 2 aromatic carbocycles. The van der Waals surface area contributed by atoms with Crippen molar-refractivity contribution in [3.63, 3.8) is 0 Å². The van der Waals surface area contributed by atoms with Crippen LogP contribution in [0.1, 0.15) is 30.0 Å². The molecule has 1 aromatic heterocycles. The molecule has 1 aliphatic heterocycles. The highest BCUT2D eigenvalue weighted by molar-refractivity contribution is 8.00. The summed E-state index contributed by atoms with van der Waals surface area (Å²) in [5, 5.41) is 4.15. The third-order valence-corrected chi connectivity index (χ3v) is 6.70. The van der Waals surface area contributed by atoms with Crippen molar-refractivity contribution in [2.75, 3.05) is 31.9 Å². The number of amides is 1. The van der Waals surface area contributed by atoms with Crippen LogP contribution >= 0.6 is 11.8 Å². The molecule has 0 saturated carbocycles. The number of hydrogen-bond donors (Lipinski definition) is 0. The second-order valence-corrected chi connectivity index (χ2v) is 9.07. The first-order valence-electron chi connectivity index (χ1n) is 10.6. The van der Waals surface area contributed by atoms with Crippen molar-refractivity contribution in [2.24, 2.45) is 0 Å². The Morgan fingerprint density at radius 3 is 2.26 bits per heavy atom. The smallest absolute Gasteiger partial charge is 0.244 e. The van der Waals surface area contributed by atoms with E-state index in [2.05, 4.69) is 60.1 Å². The molecule has 1 aliphatic rings. The number of piperazine rings is 1. The molecule has 0 aliphatic carbocycles. The van der Waals surface area contributed by atoms with Gasteiger partial charge in [-0.2, -0.15) is 4.98 Å². The first kappa shape index (κ1) is 21.6. The van der Waals surface area contributed by atoms with Crippen molar-refractivity contribution in [3.05, 3.63) is 65.5 Å². The Bertz CT molecular complexity index is 1010. The van der Waals surface area contributed by atoms with Crippen molar-refractivity contribution in [1.29, 1.82) is 0 Å². The molecular formula is C24H28N4O2S. The topological polar surface area (TPSA) is 62.5 Å². The van der Waals surface area contributed by atoms with Gasteiger partial charge in [0.2, 0.25) is 17.6 Å². The van der Waals surface area contributed by atoms with Gasteiger partial charge in [-0.3, -0.25) is 9.69 Å². The number of aromatic nitrogens is 2. The number of aryl methyl sites for hydroxylation is 2. The maximum absolute atomic E-state index is 12.6. The predicted octanol–water partition coefficient (Wildman–Crippen LogP) is 4.35. The molecule has 6 nitrogen and oxygen atoms in total. The number of hydrogen-bond acceptors (Lipinski definition) is 6. The Kier molecular flexibility index (Phi) is 6.73. The van der Waals surface area contributed by atoms with Gasteiger partial charge in [0.1, 0.15) is 0 Å². The van der Waals surface area contributed by atoms with Gasteiger partial charge in [0.05, 0.1) is 11.8 Å². The fourth-order valence-corrected chi connectivity index (χ4v) is 4.41. The van der Waals surface area contributed by atoms with Crippen LogP contribution in [0.25, 0.3) is 11.4 Å². The molecule has 1 atom stereocenters. The second-order valence-electron chi connectivity index (χ2n) is 8.02. The number of benzene rings is 2. The van der Waals surface area contributed by atoms with E-state index in [1.54, 1.807) is 11.8 Å².